The van der Waals surface area contributed by atoms with Crippen LogP contribution < -0.4 is 0 Å². The summed E-state index contributed by atoms with van der Waals surface area (Å²) in [6, 6.07) is 10.9. The van der Waals surface area contributed by atoms with Crippen LogP contribution in [0.25, 0.3) is 0 Å². The molecule has 0 aliphatic heterocycles. The van der Waals surface area contributed by atoms with E-state index >= 15 is 0 Å². The van der Waals surface area contributed by atoms with Crippen molar-refractivity contribution in [2.24, 2.45) is 35.5 Å². The first-order valence-electron chi connectivity index (χ1n) is 12.1. The van der Waals surface area contributed by atoms with Crippen molar-refractivity contribution in [3.63, 3.8) is 0 Å². The first kappa shape index (κ1) is 31.4. The van der Waals surface area contributed by atoms with Gasteiger partial charge in [-0.05, 0) is 86.0 Å². The number of halogens is 2. The average Bonchev–Trinajstić information content (AvgIpc) is 3.43. The first-order chi connectivity index (χ1) is 15.7. The molecule has 0 heterocycles. The van der Waals surface area contributed by atoms with Gasteiger partial charge in [-0.15, -0.1) is 6.58 Å². The molecule has 0 aromatic heterocycles. The number of hydrogen-bond acceptors (Lipinski definition) is 0. The van der Waals surface area contributed by atoms with Crippen LogP contribution in [0.4, 0.5) is 0 Å². The molecule has 3 heteroatoms. The summed E-state index contributed by atoms with van der Waals surface area (Å²) in [5.74, 6) is 5.12. The van der Waals surface area contributed by atoms with Gasteiger partial charge in [-0.2, -0.15) is 0 Å². The Bertz CT molecular complexity index is 775. The van der Waals surface area contributed by atoms with Gasteiger partial charge in [0.25, 0.3) is 0 Å². The van der Waals surface area contributed by atoms with Crippen LogP contribution in [0.15, 0.2) is 91.6 Å². The van der Waals surface area contributed by atoms with Crippen molar-refractivity contribution in [1.82, 2.24) is 0 Å². The quantitative estimate of drug-likeness (QED) is 0.242. The van der Waals surface area contributed by atoms with Crippen molar-refractivity contribution in [2.45, 2.75) is 44.9 Å². The zero-order valence-corrected chi connectivity index (χ0v) is 24.9. The Labute approximate surface area is 229 Å². The first-order valence-corrected chi connectivity index (χ1v) is 18.4. The van der Waals surface area contributed by atoms with Gasteiger partial charge < -0.3 is 14.9 Å². The van der Waals surface area contributed by atoms with Gasteiger partial charge in [0.15, 0.2) is 0 Å². The molecule has 2 saturated carbocycles. The molecule has 0 N–H and O–H groups in total. The molecule has 0 radical (unpaired) electrons. The Morgan fingerprint density at radius 3 is 1.97 bits per heavy atom. The fraction of sp³-hybridized carbons (Fsp3) is 0.419. The molecule has 5 atom stereocenters. The van der Waals surface area contributed by atoms with Crippen molar-refractivity contribution in [1.29, 1.82) is 0 Å². The standard InChI is InChI=1S/C16H18.C13H18.2CH3.2ClH.Zr/c1-2-6-13(7-3-1)10-14-11-15-8-4-5-9-16(15)12-14;1-2-3-6-11-9-10-12-7-4-5-8-13(11)12;;;;;/h1-9,14-16H,10-12H2;2,4-5,7-8,11-13H,1,3,6,9-10H2;2*1H3;2*1H;/q;;2*-1;;;+4/p-2. The van der Waals surface area contributed by atoms with Gasteiger partial charge in [-0.3, -0.25) is 0 Å². The summed E-state index contributed by atoms with van der Waals surface area (Å²) >= 11 is -0.826. The number of rotatable bonds is 5. The van der Waals surface area contributed by atoms with Crippen molar-refractivity contribution < 1.29 is 20.8 Å². The molecule has 184 valence electrons. The Morgan fingerprint density at radius 1 is 0.824 bits per heavy atom. The van der Waals surface area contributed by atoms with Crippen LogP contribution in [0, 0.1) is 50.4 Å². The molecule has 0 spiro atoms. The Hall–Kier alpha value is -0.617. The number of hydrogen-bond donors (Lipinski definition) is 0. The molecule has 0 saturated heterocycles. The van der Waals surface area contributed by atoms with E-state index in [4.69, 9.17) is 17.0 Å². The van der Waals surface area contributed by atoms with Gasteiger partial charge in [0, 0.05) is 0 Å². The van der Waals surface area contributed by atoms with Gasteiger partial charge >= 0.3 is 37.9 Å². The van der Waals surface area contributed by atoms with Crippen molar-refractivity contribution >= 4 is 17.0 Å². The van der Waals surface area contributed by atoms with Crippen LogP contribution in [-0.4, -0.2) is 0 Å². The van der Waals surface area contributed by atoms with Gasteiger partial charge in [-0.25, -0.2) is 0 Å². The zero-order chi connectivity index (χ0) is 22.6. The van der Waals surface area contributed by atoms with Crippen LogP contribution in [0.5, 0.6) is 0 Å². The third-order valence-corrected chi connectivity index (χ3v) is 7.41. The SMILES string of the molecule is C1=CC2CC(Cc3ccccc3)CC2C=C1.C=CCCC1CCC2C=CC=CC21.[CH3-].[CH3-].[Cl][Zr+2][Cl]. The van der Waals surface area contributed by atoms with Crippen LogP contribution >= 0.6 is 17.0 Å². The maximum absolute atomic E-state index is 4.93. The minimum absolute atomic E-state index is 0. The summed E-state index contributed by atoms with van der Waals surface area (Å²) in [6.45, 7) is 3.79. The van der Waals surface area contributed by atoms with Crippen LogP contribution in [0.1, 0.15) is 44.1 Å². The molecule has 1 aromatic carbocycles. The van der Waals surface area contributed by atoms with E-state index in [2.05, 4.69) is 91.6 Å². The zero-order valence-electron chi connectivity index (χ0n) is 21.0. The predicted molar refractivity (Wildman–Crippen MR) is 150 cm³/mol. The molecular weight excluding hydrogens is 534 g/mol. The molecule has 5 rings (SSSR count). The second-order valence-corrected chi connectivity index (χ2v) is 13.1. The van der Waals surface area contributed by atoms with E-state index in [1.807, 2.05) is 0 Å². The fourth-order valence-corrected chi connectivity index (χ4v) is 5.92. The van der Waals surface area contributed by atoms with Crippen molar-refractivity contribution in [2.75, 3.05) is 0 Å². The Morgan fingerprint density at radius 2 is 1.38 bits per heavy atom. The van der Waals surface area contributed by atoms with E-state index in [1.54, 1.807) is 0 Å². The summed E-state index contributed by atoms with van der Waals surface area (Å²) in [5.41, 5.74) is 1.50. The second kappa shape index (κ2) is 17.8. The molecule has 0 amide bonds. The average molecular weight is 577 g/mol. The van der Waals surface area contributed by atoms with E-state index in [0.29, 0.717) is 0 Å². The predicted octanol–water partition coefficient (Wildman–Crippen LogP) is 10.00. The van der Waals surface area contributed by atoms with Gasteiger partial charge in [0.1, 0.15) is 0 Å². The number of allylic oxidation sites excluding steroid dienone is 9. The third kappa shape index (κ3) is 9.80. The monoisotopic (exact) mass is 574 g/mol. The van der Waals surface area contributed by atoms with E-state index in [1.165, 1.54) is 50.5 Å². The normalized spacial score (nSPS) is 29.0. The topological polar surface area (TPSA) is 0 Å². The van der Waals surface area contributed by atoms with Crippen molar-refractivity contribution in [3.8, 4) is 0 Å². The van der Waals surface area contributed by atoms with E-state index in [0.717, 1.165) is 35.5 Å². The molecule has 4 aliphatic carbocycles. The molecule has 2 fully saturated rings. The summed E-state index contributed by atoms with van der Waals surface area (Å²) in [4.78, 5) is 0. The summed E-state index contributed by atoms with van der Waals surface area (Å²) in [5, 5.41) is 0. The van der Waals surface area contributed by atoms with Crippen LogP contribution in [0.2, 0.25) is 0 Å². The fourth-order valence-electron chi connectivity index (χ4n) is 5.92. The third-order valence-electron chi connectivity index (χ3n) is 7.41. The van der Waals surface area contributed by atoms with Gasteiger partial charge in [0.2, 0.25) is 0 Å². The molecule has 0 bridgehead atoms. The Balaban J connectivity index is 0.000000294. The molecule has 5 unspecified atom stereocenters. The molecule has 1 aromatic rings. The molecule has 0 nitrogen and oxygen atoms in total. The molecule has 34 heavy (non-hydrogen) atoms. The number of fused-ring (bicyclic) bond motifs is 2. The molecule has 4 aliphatic rings. The van der Waals surface area contributed by atoms with Crippen LogP contribution in [0.3, 0.4) is 0 Å². The summed E-state index contributed by atoms with van der Waals surface area (Å²) in [7, 11) is 9.87. The van der Waals surface area contributed by atoms with E-state index in [9.17, 15) is 0 Å². The summed E-state index contributed by atoms with van der Waals surface area (Å²) in [6.07, 6.45) is 29.8. The van der Waals surface area contributed by atoms with Gasteiger partial charge in [-0.1, -0.05) is 85.0 Å². The van der Waals surface area contributed by atoms with Gasteiger partial charge in [0.05, 0.1) is 0 Å². The molecular formula is C31H42Cl2Zr. The minimum atomic E-state index is -0.826. The summed E-state index contributed by atoms with van der Waals surface area (Å²) < 4.78 is 0. The Kier molecular flexibility index (Phi) is 16.4. The number of benzene rings is 1. The van der Waals surface area contributed by atoms with E-state index in [-0.39, 0.29) is 14.9 Å². The van der Waals surface area contributed by atoms with Crippen LogP contribution in [-0.2, 0) is 27.3 Å². The maximum atomic E-state index is 4.93. The van der Waals surface area contributed by atoms with Crippen molar-refractivity contribution in [3.05, 3.63) is 112 Å². The second-order valence-electron chi connectivity index (χ2n) is 9.41. The van der Waals surface area contributed by atoms with E-state index < -0.39 is 20.8 Å².